The second-order valence-electron chi connectivity index (χ2n) is 5.26. The number of rotatable bonds is 8. The molecule has 26 heavy (non-hydrogen) atoms. The molecule has 1 aromatic heterocycles. The van der Waals surface area contributed by atoms with Crippen molar-refractivity contribution in [2.45, 2.75) is 6.42 Å². The van der Waals surface area contributed by atoms with Gasteiger partial charge in [-0.1, -0.05) is 12.1 Å². The van der Waals surface area contributed by atoms with Crippen LogP contribution in [0.4, 0.5) is 0 Å². The lowest BCUT2D eigenvalue weighted by atomic mass is 10.1. The maximum atomic E-state index is 12.1. The predicted molar refractivity (Wildman–Crippen MR) is 97.7 cm³/mol. The van der Waals surface area contributed by atoms with Gasteiger partial charge in [0.2, 0.25) is 0 Å². The molecule has 1 heterocycles. The number of nitriles is 1. The van der Waals surface area contributed by atoms with Crippen molar-refractivity contribution >= 4 is 12.0 Å². The van der Waals surface area contributed by atoms with Gasteiger partial charge in [0.05, 0.1) is 20.5 Å². The van der Waals surface area contributed by atoms with Crippen LogP contribution in [-0.2, 0) is 11.2 Å². The van der Waals surface area contributed by atoms with Crippen molar-refractivity contribution in [3.8, 4) is 17.6 Å². The van der Waals surface area contributed by atoms with Gasteiger partial charge >= 0.3 is 0 Å². The summed E-state index contributed by atoms with van der Waals surface area (Å²) in [5, 5.41) is 11.9. The van der Waals surface area contributed by atoms with E-state index in [2.05, 4.69) is 5.32 Å². The molecule has 0 aliphatic carbocycles. The minimum atomic E-state index is -0.419. The van der Waals surface area contributed by atoms with Gasteiger partial charge in [-0.15, -0.1) is 0 Å². The van der Waals surface area contributed by atoms with Gasteiger partial charge in [0.25, 0.3) is 5.91 Å². The molecular formula is C20H20N2O4. The van der Waals surface area contributed by atoms with Crippen LogP contribution in [0.5, 0.6) is 11.5 Å². The van der Waals surface area contributed by atoms with E-state index in [4.69, 9.17) is 19.2 Å². The maximum Gasteiger partial charge on any atom is 0.261 e. The molecule has 1 aromatic carbocycles. The minimum Gasteiger partial charge on any atom is -0.493 e. The number of carbonyl (C=O) groups excluding carboxylic acids is 1. The van der Waals surface area contributed by atoms with Crippen LogP contribution in [0.15, 0.2) is 58.7 Å². The quantitative estimate of drug-likeness (QED) is 0.448. The van der Waals surface area contributed by atoms with E-state index in [1.165, 1.54) is 6.08 Å². The average Bonchev–Trinajstić information content (AvgIpc) is 3.18. The second kappa shape index (κ2) is 9.74. The zero-order chi connectivity index (χ0) is 18.8. The van der Waals surface area contributed by atoms with E-state index < -0.39 is 5.91 Å². The lowest BCUT2D eigenvalue weighted by molar-refractivity contribution is -0.117. The Morgan fingerprint density at radius 3 is 2.73 bits per heavy atom. The maximum absolute atomic E-state index is 12.1. The lowest BCUT2D eigenvalue weighted by Crippen LogP contribution is -2.26. The number of hydrogen-bond acceptors (Lipinski definition) is 5. The highest BCUT2D eigenvalue weighted by atomic mass is 16.5. The molecule has 0 aliphatic rings. The standard InChI is InChI=1S/C20H20N2O4/c1-24-18-9-8-15(13-19(18)25-2)10-11-22-20(23)16(14-21)5-3-6-17-7-4-12-26-17/h3-9,12-13H,10-11H2,1-2H3,(H,22,23). The van der Waals surface area contributed by atoms with Gasteiger partial charge in [-0.25, -0.2) is 0 Å². The van der Waals surface area contributed by atoms with Crippen molar-refractivity contribution in [1.82, 2.24) is 5.32 Å². The van der Waals surface area contributed by atoms with Crippen molar-refractivity contribution in [3.63, 3.8) is 0 Å². The van der Waals surface area contributed by atoms with Crippen LogP contribution < -0.4 is 14.8 Å². The van der Waals surface area contributed by atoms with Gasteiger partial charge in [-0.2, -0.15) is 5.26 Å². The molecule has 0 atom stereocenters. The third kappa shape index (κ3) is 5.28. The topological polar surface area (TPSA) is 84.5 Å². The van der Waals surface area contributed by atoms with Gasteiger partial charge < -0.3 is 19.2 Å². The molecule has 0 fully saturated rings. The van der Waals surface area contributed by atoms with Crippen molar-refractivity contribution in [3.05, 3.63) is 65.6 Å². The number of allylic oxidation sites excluding steroid dienone is 2. The molecule has 6 nitrogen and oxygen atoms in total. The first-order chi connectivity index (χ1) is 12.7. The molecule has 0 unspecified atom stereocenters. The number of furan rings is 1. The number of hydrogen-bond donors (Lipinski definition) is 1. The Morgan fingerprint density at radius 2 is 2.08 bits per heavy atom. The molecule has 0 radical (unpaired) electrons. The Balaban J connectivity index is 1.89. The smallest absolute Gasteiger partial charge is 0.261 e. The van der Waals surface area contributed by atoms with Crippen LogP contribution in [0.3, 0.4) is 0 Å². The summed E-state index contributed by atoms with van der Waals surface area (Å²) in [4.78, 5) is 12.1. The molecular weight excluding hydrogens is 332 g/mol. The first kappa shape index (κ1) is 18.9. The molecule has 1 N–H and O–H groups in total. The van der Waals surface area contributed by atoms with E-state index in [1.807, 2.05) is 24.3 Å². The fraction of sp³-hybridized carbons (Fsp3) is 0.200. The predicted octanol–water partition coefficient (Wildman–Crippen LogP) is 3.12. The van der Waals surface area contributed by atoms with Crippen molar-refractivity contribution < 1.29 is 18.7 Å². The first-order valence-corrected chi connectivity index (χ1v) is 7.99. The van der Waals surface area contributed by atoms with Crippen LogP contribution in [0, 0.1) is 11.3 Å². The van der Waals surface area contributed by atoms with Crippen LogP contribution in [0.2, 0.25) is 0 Å². The van der Waals surface area contributed by atoms with Crippen LogP contribution in [0.25, 0.3) is 6.08 Å². The van der Waals surface area contributed by atoms with Crippen LogP contribution in [0.1, 0.15) is 11.3 Å². The van der Waals surface area contributed by atoms with Crippen molar-refractivity contribution in [1.29, 1.82) is 5.26 Å². The number of nitrogens with one attached hydrogen (secondary N) is 1. The number of nitrogens with zero attached hydrogens (tertiary/aromatic N) is 1. The molecule has 0 bridgehead atoms. The largest absolute Gasteiger partial charge is 0.493 e. The third-order valence-corrected chi connectivity index (χ3v) is 3.58. The highest BCUT2D eigenvalue weighted by Gasteiger charge is 2.08. The Kier molecular flexibility index (Phi) is 7.07. The summed E-state index contributed by atoms with van der Waals surface area (Å²) < 4.78 is 15.6. The summed E-state index contributed by atoms with van der Waals surface area (Å²) in [6, 6.07) is 11.0. The molecule has 6 heteroatoms. The zero-order valence-electron chi connectivity index (χ0n) is 14.7. The van der Waals surface area contributed by atoms with E-state index in [0.717, 1.165) is 5.56 Å². The summed E-state index contributed by atoms with van der Waals surface area (Å²) >= 11 is 0. The van der Waals surface area contributed by atoms with Crippen molar-refractivity contribution in [2.75, 3.05) is 20.8 Å². The van der Waals surface area contributed by atoms with Gasteiger partial charge in [0, 0.05) is 6.54 Å². The minimum absolute atomic E-state index is 0.0279. The lowest BCUT2D eigenvalue weighted by Gasteiger charge is -2.10. The zero-order valence-corrected chi connectivity index (χ0v) is 14.7. The SMILES string of the molecule is COc1ccc(CCNC(=O)C(C#N)=CC=Cc2ccco2)cc1OC. The number of amides is 1. The average molecular weight is 352 g/mol. The molecule has 134 valence electrons. The Morgan fingerprint density at radius 1 is 1.27 bits per heavy atom. The Bertz CT molecular complexity index is 830. The van der Waals surface area contributed by atoms with Gasteiger partial charge in [-0.3, -0.25) is 4.79 Å². The number of benzene rings is 1. The van der Waals surface area contributed by atoms with E-state index in [0.29, 0.717) is 30.2 Å². The van der Waals surface area contributed by atoms with Gasteiger partial charge in [0.15, 0.2) is 11.5 Å². The van der Waals surface area contributed by atoms with E-state index in [1.54, 1.807) is 44.8 Å². The van der Waals surface area contributed by atoms with Crippen LogP contribution >= 0.6 is 0 Å². The summed E-state index contributed by atoms with van der Waals surface area (Å²) in [5.41, 5.74) is 1.02. The molecule has 0 saturated carbocycles. The van der Waals surface area contributed by atoms with Gasteiger partial charge in [0.1, 0.15) is 17.4 Å². The molecule has 2 aromatic rings. The fourth-order valence-electron chi connectivity index (χ4n) is 2.24. The molecule has 0 spiro atoms. The van der Waals surface area contributed by atoms with Crippen molar-refractivity contribution in [2.24, 2.45) is 0 Å². The second-order valence-corrected chi connectivity index (χ2v) is 5.26. The normalized spacial score (nSPS) is 11.2. The molecule has 0 saturated heterocycles. The van der Waals surface area contributed by atoms with E-state index >= 15 is 0 Å². The molecule has 0 aliphatic heterocycles. The highest BCUT2D eigenvalue weighted by molar-refractivity contribution is 5.97. The first-order valence-electron chi connectivity index (χ1n) is 7.99. The Labute approximate surface area is 152 Å². The summed E-state index contributed by atoms with van der Waals surface area (Å²) in [6.07, 6.45) is 6.89. The fourth-order valence-corrected chi connectivity index (χ4v) is 2.24. The molecule has 1 amide bonds. The number of ether oxygens (including phenoxy) is 2. The number of carbonyl (C=O) groups is 1. The molecule has 2 rings (SSSR count). The summed E-state index contributed by atoms with van der Waals surface area (Å²) in [5.74, 6) is 1.51. The highest BCUT2D eigenvalue weighted by Crippen LogP contribution is 2.27. The number of methoxy groups -OCH3 is 2. The third-order valence-electron chi connectivity index (χ3n) is 3.58. The summed E-state index contributed by atoms with van der Waals surface area (Å²) in [6.45, 7) is 0.398. The van der Waals surface area contributed by atoms with E-state index in [9.17, 15) is 4.79 Å². The van der Waals surface area contributed by atoms with Gasteiger partial charge in [-0.05, 0) is 48.4 Å². The monoisotopic (exact) mass is 352 g/mol. The Hall–Kier alpha value is -3.46. The summed E-state index contributed by atoms with van der Waals surface area (Å²) in [7, 11) is 3.15. The van der Waals surface area contributed by atoms with Crippen LogP contribution in [-0.4, -0.2) is 26.7 Å². The van der Waals surface area contributed by atoms with E-state index in [-0.39, 0.29) is 5.57 Å².